The van der Waals surface area contributed by atoms with Crippen LogP contribution >= 0.6 is 0 Å². The number of hydrogen-bond donors (Lipinski definition) is 1. The second-order valence-electron chi connectivity index (χ2n) is 6.38. The van der Waals surface area contributed by atoms with E-state index in [2.05, 4.69) is 5.32 Å². The van der Waals surface area contributed by atoms with Crippen molar-refractivity contribution in [1.82, 2.24) is 10.2 Å². The number of carbonyl (C=O) groups is 2. The Bertz CT molecular complexity index is 852. The summed E-state index contributed by atoms with van der Waals surface area (Å²) in [5, 5.41) is 2.79. The van der Waals surface area contributed by atoms with E-state index in [1.54, 1.807) is 11.0 Å². The van der Waals surface area contributed by atoms with E-state index in [1.165, 1.54) is 0 Å². The highest BCUT2D eigenvalue weighted by Crippen LogP contribution is 2.27. The molecule has 1 fully saturated rings. The van der Waals surface area contributed by atoms with Gasteiger partial charge in [-0.05, 0) is 29.7 Å². The summed E-state index contributed by atoms with van der Waals surface area (Å²) in [5.74, 6) is -0.225. The van der Waals surface area contributed by atoms with Gasteiger partial charge in [-0.25, -0.2) is 0 Å². The lowest BCUT2D eigenvalue weighted by Gasteiger charge is -2.39. The van der Waals surface area contributed by atoms with Crippen LogP contribution in [0.3, 0.4) is 0 Å². The van der Waals surface area contributed by atoms with E-state index >= 15 is 0 Å². The Balaban J connectivity index is 1.67. The largest absolute Gasteiger partial charge is 0.321 e. The van der Waals surface area contributed by atoms with Crippen molar-refractivity contribution in [3.63, 3.8) is 0 Å². The number of nitrogens with zero attached hydrogens (tertiary/aromatic N) is 1. The lowest BCUT2D eigenvalue weighted by molar-refractivity contribution is -0.143. The fraction of sp³-hybridized carbons (Fsp3) is 0.200. The number of hydrogen-bond acceptors (Lipinski definition) is 2. The first kappa shape index (κ1) is 14.7. The molecule has 2 aromatic carbocycles. The van der Waals surface area contributed by atoms with Gasteiger partial charge >= 0.3 is 0 Å². The number of nitrogens with one attached hydrogen (secondary N) is 1. The molecule has 4 heteroatoms. The molecule has 120 valence electrons. The van der Waals surface area contributed by atoms with Crippen LogP contribution in [0.2, 0.25) is 0 Å². The standard InChI is InChI=1S/C20H18N2O2/c1-13-6-8-14(9-7-13)10-17-20(24)22-12-16-5-3-2-4-15(16)11-18(22)19(23)21-17/h2-10,18H,11-12H2,1H3,(H,21,23)/b17-10+/t18-/m1/s1. The minimum absolute atomic E-state index is 0.109. The second-order valence-corrected chi connectivity index (χ2v) is 6.38. The van der Waals surface area contributed by atoms with Gasteiger partial charge in [0.1, 0.15) is 11.7 Å². The lowest BCUT2D eigenvalue weighted by atomic mass is 9.91. The van der Waals surface area contributed by atoms with E-state index in [0.29, 0.717) is 18.7 Å². The summed E-state index contributed by atoms with van der Waals surface area (Å²) in [6.07, 6.45) is 2.32. The Morgan fingerprint density at radius 3 is 2.50 bits per heavy atom. The Morgan fingerprint density at radius 1 is 1.04 bits per heavy atom. The predicted octanol–water partition coefficient (Wildman–Crippen LogP) is 2.42. The minimum Gasteiger partial charge on any atom is -0.321 e. The van der Waals surface area contributed by atoms with E-state index < -0.39 is 6.04 Å². The van der Waals surface area contributed by atoms with Crippen molar-refractivity contribution in [3.05, 3.63) is 76.5 Å². The number of benzene rings is 2. The number of rotatable bonds is 1. The zero-order valence-corrected chi connectivity index (χ0v) is 13.5. The van der Waals surface area contributed by atoms with Crippen molar-refractivity contribution < 1.29 is 9.59 Å². The van der Waals surface area contributed by atoms with Crippen molar-refractivity contribution in [3.8, 4) is 0 Å². The summed E-state index contributed by atoms with van der Waals surface area (Å²) in [5.41, 5.74) is 4.67. The summed E-state index contributed by atoms with van der Waals surface area (Å²) in [6, 6.07) is 15.4. The van der Waals surface area contributed by atoms with Gasteiger partial charge in [0.15, 0.2) is 0 Å². The van der Waals surface area contributed by atoms with E-state index in [0.717, 1.165) is 22.3 Å². The molecule has 4 nitrogen and oxygen atoms in total. The number of carbonyl (C=O) groups excluding carboxylic acids is 2. The third kappa shape index (κ3) is 2.50. The molecule has 0 spiro atoms. The van der Waals surface area contributed by atoms with Gasteiger partial charge in [0.25, 0.3) is 5.91 Å². The van der Waals surface area contributed by atoms with Gasteiger partial charge in [0.2, 0.25) is 5.91 Å². The predicted molar refractivity (Wildman–Crippen MR) is 91.8 cm³/mol. The third-order valence-electron chi connectivity index (χ3n) is 4.69. The van der Waals surface area contributed by atoms with Crippen molar-refractivity contribution in [2.24, 2.45) is 0 Å². The van der Waals surface area contributed by atoms with Gasteiger partial charge < -0.3 is 10.2 Å². The monoisotopic (exact) mass is 318 g/mol. The van der Waals surface area contributed by atoms with Crippen molar-refractivity contribution in [1.29, 1.82) is 0 Å². The zero-order chi connectivity index (χ0) is 16.7. The summed E-state index contributed by atoms with van der Waals surface area (Å²) in [6.45, 7) is 2.50. The maximum atomic E-state index is 12.8. The van der Waals surface area contributed by atoms with Crippen molar-refractivity contribution in [2.75, 3.05) is 0 Å². The van der Waals surface area contributed by atoms with Gasteiger partial charge in [-0.1, -0.05) is 54.1 Å². The molecule has 0 aliphatic carbocycles. The molecule has 2 amide bonds. The highest BCUT2D eigenvalue weighted by Gasteiger charge is 2.40. The van der Waals surface area contributed by atoms with E-state index in [1.807, 2.05) is 55.5 Å². The Kier molecular flexibility index (Phi) is 3.45. The van der Waals surface area contributed by atoms with Crippen molar-refractivity contribution in [2.45, 2.75) is 25.9 Å². The Labute approximate surface area is 140 Å². The van der Waals surface area contributed by atoms with Gasteiger partial charge in [0, 0.05) is 13.0 Å². The summed E-state index contributed by atoms with van der Waals surface area (Å²) >= 11 is 0. The molecule has 2 heterocycles. The topological polar surface area (TPSA) is 49.4 Å². The van der Waals surface area contributed by atoms with E-state index in [4.69, 9.17) is 0 Å². The van der Waals surface area contributed by atoms with Crippen LogP contribution in [0.25, 0.3) is 6.08 Å². The van der Waals surface area contributed by atoms with Crippen LogP contribution in [0.5, 0.6) is 0 Å². The van der Waals surface area contributed by atoms with Crippen LogP contribution in [-0.2, 0) is 22.6 Å². The molecular formula is C20H18N2O2. The molecule has 24 heavy (non-hydrogen) atoms. The molecule has 4 rings (SSSR count). The Morgan fingerprint density at radius 2 is 1.75 bits per heavy atom. The number of fused-ring (bicyclic) bond motifs is 2. The van der Waals surface area contributed by atoms with Crippen LogP contribution in [0, 0.1) is 6.92 Å². The molecule has 2 aliphatic heterocycles. The molecule has 0 bridgehead atoms. The number of aryl methyl sites for hydroxylation is 1. The molecule has 1 saturated heterocycles. The average Bonchev–Trinajstić information content (AvgIpc) is 2.60. The van der Waals surface area contributed by atoms with Crippen LogP contribution < -0.4 is 5.32 Å². The van der Waals surface area contributed by atoms with Gasteiger partial charge in [-0.15, -0.1) is 0 Å². The highest BCUT2D eigenvalue weighted by molar-refractivity contribution is 6.07. The summed E-state index contributed by atoms with van der Waals surface area (Å²) < 4.78 is 0. The molecule has 0 aromatic heterocycles. The lowest BCUT2D eigenvalue weighted by Crippen LogP contribution is -2.58. The average molecular weight is 318 g/mol. The first-order chi connectivity index (χ1) is 11.6. The van der Waals surface area contributed by atoms with E-state index in [-0.39, 0.29) is 11.8 Å². The normalized spacial score (nSPS) is 21.3. The van der Waals surface area contributed by atoms with Crippen molar-refractivity contribution >= 4 is 17.9 Å². The zero-order valence-electron chi connectivity index (χ0n) is 13.5. The van der Waals surface area contributed by atoms with Crippen LogP contribution in [0.4, 0.5) is 0 Å². The fourth-order valence-electron chi connectivity index (χ4n) is 3.32. The van der Waals surface area contributed by atoms with Crippen LogP contribution in [0.15, 0.2) is 54.2 Å². The van der Waals surface area contributed by atoms with Gasteiger partial charge in [0.05, 0.1) is 0 Å². The first-order valence-electron chi connectivity index (χ1n) is 8.09. The van der Waals surface area contributed by atoms with Gasteiger partial charge in [-0.3, -0.25) is 9.59 Å². The van der Waals surface area contributed by atoms with Gasteiger partial charge in [-0.2, -0.15) is 0 Å². The molecule has 2 aliphatic rings. The number of piperazine rings is 1. The molecule has 1 atom stereocenters. The fourth-order valence-corrected chi connectivity index (χ4v) is 3.32. The molecule has 0 saturated carbocycles. The molecular weight excluding hydrogens is 300 g/mol. The third-order valence-corrected chi connectivity index (χ3v) is 4.69. The summed E-state index contributed by atoms with van der Waals surface area (Å²) in [7, 11) is 0. The van der Waals surface area contributed by atoms with E-state index in [9.17, 15) is 9.59 Å². The maximum absolute atomic E-state index is 12.8. The smallest absolute Gasteiger partial charge is 0.271 e. The number of amides is 2. The second kappa shape index (κ2) is 5.64. The molecule has 2 aromatic rings. The van der Waals surface area contributed by atoms with Crippen LogP contribution in [0.1, 0.15) is 22.3 Å². The summed E-state index contributed by atoms with van der Waals surface area (Å²) in [4.78, 5) is 27.0. The Hall–Kier alpha value is -2.88. The SMILES string of the molecule is Cc1ccc(/C=C2/NC(=O)[C@H]3Cc4ccccc4CN3C2=O)cc1. The maximum Gasteiger partial charge on any atom is 0.271 e. The first-order valence-corrected chi connectivity index (χ1v) is 8.09. The quantitative estimate of drug-likeness (QED) is 0.821. The molecule has 1 N–H and O–H groups in total. The molecule has 0 radical (unpaired) electrons. The molecule has 0 unspecified atom stereocenters. The van der Waals surface area contributed by atoms with Crippen LogP contribution in [-0.4, -0.2) is 22.8 Å². The minimum atomic E-state index is -0.414. The highest BCUT2D eigenvalue weighted by atomic mass is 16.2.